The van der Waals surface area contributed by atoms with Crippen molar-refractivity contribution < 1.29 is 0 Å². The van der Waals surface area contributed by atoms with Gasteiger partial charge in [-0.05, 0) is 49.9 Å². The number of hydrogen-bond donors (Lipinski definition) is 0. The molecule has 0 saturated carbocycles. The number of hydrogen-bond acceptors (Lipinski definition) is 4. The maximum Gasteiger partial charge on any atom is 0.0534 e. The van der Waals surface area contributed by atoms with Crippen LogP contribution in [0.5, 0.6) is 0 Å². The zero-order valence-corrected chi connectivity index (χ0v) is 26.9. The van der Waals surface area contributed by atoms with E-state index < -0.39 is 0 Å². The smallest absolute Gasteiger partial charge is 0.0534 e. The highest BCUT2D eigenvalue weighted by atomic mass is 32.1. The molecule has 206 valence electrons. The van der Waals surface area contributed by atoms with Gasteiger partial charge in [0.15, 0.2) is 0 Å². The zero-order valence-electron chi connectivity index (χ0n) is 23.6. The molecule has 4 heteroatoms. The molecule has 0 atom stereocenters. The van der Waals surface area contributed by atoms with Crippen LogP contribution >= 0.6 is 45.3 Å². The number of aryl methyl sites for hydroxylation is 2. The molecule has 0 N–H and O–H groups in total. The van der Waals surface area contributed by atoms with Crippen molar-refractivity contribution in [2.75, 3.05) is 0 Å². The molecule has 2 aromatic carbocycles. The fraction of sp³-hybridized carbons (Fsp3) is 0.333. The van der Waals surface area contributed by atoms with Crippen molar-refractivity contribution in [1.29, 1.82) is 0 Å². The number of thiophene rings is 4. The highest BCUT2D eigenvalue weighted by Gasteiger charge is 2.21. The van der Waals surface area contributed by atoms with E-state index in [9.17, 15) is 0 Å². The standard InChI is InChI=1S/C36H38S4/c1-3-5-7-9-15-25-21-23-31(37-25)33-27-17-11-13-19-29(27)35(39-33)36-30-20-14-12-18-28(30)34(40-36)32-24-22-26(38-32)16-10-8-6-4-2/h11-14,17-24H,3-10,15-16H2,1-2H3. The van der Waals surface area contributed by atoms with E-state index in [-0.39, 0.29) is 0 Å². The third kappa shape index (κ3) is 5.87. The molecule has 4 aromatic heterocycles. The van der Waals surface area contributed by atoms with Gasteiger partial charge in [-0.3, -0.25) is 0 Å². The summed E-state index contributed by atoms with van der Waals surface area (Å²) in [7, 11) is 0. The van der Waals surface area contributed by atoms with Gasteiger partial charge in [0.25, 0.3) is 0 Å². The first-order valence-electron chi connectivity index (χ1n) is 15.0. The van der Waals surface area contributed by atoms with Crippen molar-refractivity contribution in [3.8, 4) is 29.3 Å². The van der Waals surface area contributed by atoms with Gasteiger partial charge < -0.3 is 0 Å². The zero-order chi connectivity index (χ0) is 27.3. The van der Waals surface area contributed by atoms with Gasteiger partial charge in [-0.25, -0.2) is 0 Å². The highest BCUT2D eigenvalue weighted by Crippen LogP contribution is 2.52. The van der Waals surface area contributed by atoms with Gasteiger partial charge in [-0.2, -0.15) is 0 Å². The van der Waals surface area contributed by atoms with Crippen molar-refractivity contribution in [2.24, 2.45) is 0 Å². The second-order valence-electron chi connectivity index (χ2n) is 10.8. The number of fused-ring (bicyclic) bond motifs is 2. The van der Waals surface area contributed by atoms with E-state index in [1.54, 1.807) is 0 Å². The molecule has 0 nitrogen and oxygen atoms in total. The van der Waals surface area contributed by atoms with Crippen molar-refractivity contribution >= 4 is 66.9 Å². The molecule has 0 aliphatic rings. The summed E-state index contributed by atoms with van der Waals surface area (Å²) in [5.41, 5.74) is 0. The predicted octanol–water partition coefficient (Wildman–Crippen LogP) is 13.5. The van der Waals surface area contributed by atoms with Crippen LogP contribution in [0, 0.1) is 0 Å². The molecule has 0 bridgehead atoms. The van der Waals surface area contributed by atoms with Crippen LogP contribution in [0.15, 0.2) is 72.8 Å². The van der Waals surface area contributed by atoms with Crippen LogP contribution < -0.4 is 0 Å². The SMILES string of the molecule is CCCCCCc1ccc(-c2sc(-c3sc(-c4ccc(CCCCCC)s4)c4ccccc34)c3ccccc23)s1. The van der Waals surface area contributed by atoms with Gasteiger partial charge in [0, 0.05) is 41.1 Å². The molecule has 0 spiro atoms. The Morgan fingerprint density at radius 2 is 0.800 bits per heavy atom. The van der Waals surface area contributed by atoms with Gasteiger partial charge >= 0.3 is 0 Å². The molecule has 0 aliphatic heterocycles. The average molecular weight is 599 g/mol. The summed E-state index contributed by atoms with van der Waals surface area (Å²) in [4.78, 5) is 11.6. The van der Waals surface area contributed by atoms with Gasteiger partial charge in [-0.15, -0.1) is 45.3 Å². The summed E-state index contributed by atoms with van der Waals surface area (Å²) in [6, 6.07) is 27.6. The molecule has 0 fully saturated rings. The first-order chi connectivity index (χ1) is 19.8. The predicted molar refractivity (Wildman–Crippen MR) is 185 cm³/mol. The van der Waals surface area contributed by atoms with E-state index in [0.717, 1.165) is 0 Å². The summed E-state index contributed by atoms with van der Waals surface area (Å²) in [5, 5.41) is 5.57. The van der Waals surface area contributed by atoms with Crippen molar-refractivity contribution in [1.82, 2.24) is 0 Å². The monoisotopic (exact) mass is 598 g/mol. The van der Waals surface area contributed by atoms with E-state index in [4.69, 9.17) is 0 Å². The van der Waals surface area contributed by atoms with Crippen molar-refractivity contribution in [3.63, 3.8) is 0 Å². The minimum absolute atomic E-state index is 1.21. The molecule has 4 heterocycles. The summed E-state index contributed by atoms with van der Waals surface area (Å²) in [5.74, 6) is 0. The maximum absolute atomic E-state index is 2.37. The molecular weight excluding hydrogens is 561 g/mol. The molecule has 0 amide bonds. The minimum atomic E-state index is 1.21. The quantitative estimate of drug-likeness (QED) is 0.116. The number of unbranched alkanes of at least 4 members (excludes halogenated alkanes) is 6. The van der Waals surface area contributed by atoms with E-state index in [2.05, 4.69) is 86.6 Å². The largest absolute Gasteiger partial charge is 0.139 e. The number of benzene rings is 2. The lowest BCUT2D eigenvalue weighted by Crippen LogP contribution is -1.80. The van der Waals surface area contributed by atoms with Crippen LogP contribution in [-0.2, 0) is 12.8 Å². The Labute approximate surface area is 255 Å². The van der Waals surface area contributed by atoms with Crippen LogP contribution in [0.4, 0.5) is 0 Å². The summed E-state index contributed by atoms with van der Waals surface area (Å²) in [6.45, 7) is 4.57. The van der Waals surface area contributed by atoms with E-state index in [1.807, 2.05) is 45.3 Å². The first-order valence-corrected chi connectivity index (χ1v) is 18.2. The summed E-state index contributed by atoms with van der Waals surface area (Å²) >= 11 is 7.99. The fourth-order valence-corrected chi connectivity index (χ4v) is 10.7. The normalized spacial score (nSPS) is 11.8. The molecule has 0 saturated heterocycles. The molecule has 6 aromatic rings. The third-order valence-electron chi connectivity index (χ3n) is 7.77. The Kier molecular flexibility index (Phi) is 9.18. The Bertz CT molecular complexity index is 1560. The van der Waals surface area contributed by atoms with Gasteiger partial charge in [0.05, 0.1) is 19.5 Å². The highest BCUT2D eigenvalue weighted by molar-refractivity contribution is 7.30. The second kappa shape index (κ2) is 13.2. The van der Waals surface area contributed by atoms with Crippen LogP contribution in [-0.4, -0.2) is 0 Å². The van der Waals surface area contributed by atoms with Gasteiger partial charge in [-0.1, -0.05) is 101 Å². The second-order valence-corrected chi connectivity index (χ2v) is 15.1. The van der Waals surface area contributed by atoms with Crippen LogP contribution in [0.1, 0.15) is 75.0 Å². The Balaban J connectivity index is 1.37. The Morgan fingerprint density at radius 1 is 0.400 bits per heavy atom. The average Bonchev–Trinajstić information content (AvgIpc) is 3.78. The van der Waals surface area contributed by atoms with E-state index in [1.165, 1.54) is 125 Å². The molecule has 0 unspecified atom stereocenters. The van der Waals surface area contributed by atoms with Crippen molar-refractivity contribution in [3.05, 3.63) is 82.6 Å². The fourth-order valence-electron chi connectivity index (χ4n) is 5.61. The van der Waals surface area contributed by atoms with Gasteiger partial charge in [0.2, 0.25) is 0 Å². The lowest BCUT2D eigenvalue weighted by Gasteiger charge is -1.97. The number of rotatable bonds is 13. The summed E-state index contributed by atoms with van der Waals surface area (Å²) in [6.07, 6.45) is 13.0. The molecule has 0 radical (unpaired) electrons. The van der Waals surface area contributed by atoms with Crippen LogP contribution in [0.2, 0.25) is 0 Å². The Morgan fingerprint density at radius 3 is 1.20 bits per heavy atom. The lowest BCUT2D eigenvalue weighted by atomic mass is 10.1. The van der Waals surface area contributed by atoms with E-state index in [0.29, 0.717) is 0 Å². The van der Waals surface area contributed by atoms with Crippen LogP contribution in [0.25, 0.3) is 50.8 Å². The molecule has 40 heavy (non-hydrogen) atoms. The summed E-state index contributed by atoms with van der Waals surface area (Å²) < 4.78 is 0. The maximum atomic E-state index is 2.37. The minimum Gasteiger partial charge on any atom is -0.139 e. The topological polar surface area (TPSA) is 0 Å². The lowest BCUT2D eigenvalue weighted by molar-refractivity contribution is 0.670. The Hall–Kier alpha value is -2.24. The molecule has 6 rings (SSSR count). The van der Waals surface area contributed by atoms with E-state index >= 15 is 0 Å². The van der Waals surface area contributed by atoms with Gasteiger partial charge in [0.1, 0.15) is 0 Å². The molecule has 0 aliphatic carbocycles. The van der Waals surface area contributed by atoms with Crippen LogP contribution in [0.3, 0.4) is 0 Å². The molecular formula is C36H38S4. The third-order valence-corrected chi connectivity index (χ3v) is 13.0. The first kappa shape index (κ1) is 27.9. The van der Waals surface area contributed by atoms with Crippen molar-refractivity contribution in [2.45, 2.75) is 78.1 Å².